The van der Waals surface area contributed by atoms with Crippen molar-refractivity contribution in [2.75, 3.05) is 49.0 Å². The van der Waals surface area contributed by atoms with Crippen molar-refractivity contribution in [1.82, 2.24) is 4.90 Å². The summed E-state index contributed by atoms with van der Waals surface area (Å²) in [6, 6.07) is 17.5. The first-order chi connectivity index (χ1) is 16.8. The van der Waals surface area contributed by atoms with E-state index < -0.39 is 28.3 Å². The van der Waals surface area contributed by atoms with E-state index in [0.29, 0.717) is 24.5 Å². The molecule has 1 fully saturated rings. The minimum Gasteiger partial charge on any atom is -0.497 e. The van der Waals surface area contributed by atoms with E-state index in [4.69, 9.17) is 4.74 Å². The van der Waals surface area contributed by atoms with Crippen molar-refractivity contribution in [1.29, 1.82) is 0 Å². The van der Waals surface area contributed by atoms with E-state index >= 15 is 0 Å². The van der Waals surface area contributed by atoms with Crippen LogP contribution in [0.3, 0.4) is 0 Å². The number of benzene rings is 3. The van der Waals surface area contributed by atoms with Crippen LogP contribution in [0.1, 0.15) is 0 Å². The van der Waals surface area contributed by atoms with Gasteiger partial charge in [0.1, 0.15) is 23.9 Å². The number of ether oxygens (including phenoxy) is 1. The first-order valence-corrected chi connectivity index (χ1v) is 12.4. The number of sulfonamides is 1. The number of nitrogens with zero attached hydrogens (tertiary/aromatic N) is 3. The van der Waals surface area contributed by atoms with Crippen LogP contribution < -0.4 is 13.9 Å². The molecular weight excluding hydrogens is 476 g/mol. The van der Waals surface area contributed by atoms with Gasteiger partial charge in [0.15, 0.2) is 0 Å². The third kappa shape index (κ3) is 5.22. The maximum Gasteiger partial charge on any atom is 0.264 e. The van der Waals surface area contributed by atoms with E-state index in [9.17, 15) is 22.0 Å². The fourth-order valence-electron chi connectivity index (χ4n) is 3.96. The maximum atomic E-state index is 14.7. The largest absolute Gasteiger partial charge is 0.497 e. The number of carbonyl (C=O) groups is 1. The zero-order valence-electron chi connectivity index (χ0n) is 19.1. The van der Waals surface area contributed by atoms with Crippen molar-refractivity contribution < 1.29 is 26.7 Å². The topological polar surface area (TPSA) is 70.2 Å². The van der Waals surface area contributed by atoms with Crippen LogP contribution in [0.4, 0.5) is 20.2 Å². The Labute approximate surface area is 203 Å². The van der Waals surface area contributed by atoms with E-state index in [1.54, 1.807) is 18.2 Å². The average Bonchev–Trinajstić information content (AvgIpc) is 2.88. The van der Waals surface area contributed by atoms with Crippen LogP contribution in [0, 0.1) is 11.6 Å². The Bertz CT molecular complexity index is 1290. The maximum absolute atomic E-state index is 14.7. The van der Waals surface area contributed by atoms with Crippen molar-refractivity contribution in [3.63, 3.8) is 0 Å². The summed E-state index contributed by atoms with van der Waals surface area (Å²) < 4.78 is 61.6. The van der Waals surface area contributed by atoms with Crippen LogP contribution in [0.15, 0.2) is 77.7 Å². The van der Waals surface area contributed by atoms with Gasteiger partial charge in [-0.1, -0.05) is 24.3 Å². The Morgan fingerprint density at radius 3 is 2.09 bits per heavy atom. The number of hydrogen-bond acceptors (Lipinski definition) is 5. The van der Waals surface area contributed by atoms with E-state index in [1.807, 2.05) is 4.90 Å². The Kier molecular flexibility index (Phi) is 7.20. The van der Waals surface area contributed by atoms with Crippen molar-refractivity contribution >= 4 is 27.3 Å². The van der Waals surface area contributed by atoms with Crippen LogP contribution in [-0.2, 0) is 14.8 Å². The summed E-state index contributed by atoms with van der Waals surface area (Å²) in [4.78, 5) is 16.4. The highest BCUT2D eigenvalue weighted by Gasteiger charge is 2.32. The van der Waals surface area contributed by atoms with E-state index in [-0.39, 0.29) is 29.5 Å². The van der Waals surface area contributed by atoms with Gasteiger partial charge in [-0.3, -0.25) is 9.10 Å². The molecule has 0 bridgehead atoms. The molecule has 10 heteroatoms. The summed E-state index contributed by atoms with van der Waals surface area (Å²) in [5, 5.41) is 0. The van der Waals surface area contributed by atoms with Crippen molar-refractivity contribution in [3.8, 4) is 5.75 Å². The lowest BCUT2D eigenvalue weighted by Gasteiger charge is -2.37. The molecule has 0 spiro atoms. The molecule has 1 saturated heterocycles. The first-order valence-electron chi connectivity index (χ1n) is 11.0. The number of piperazine rings is 1. The highest BCUT2D eigenvalue weighted by atomic mass is 32.2. The summed E-state index contributed by atoms with van der Waals surface area (Å²) in [5.41, 5.74) is 0.233. The quantitative estimate of drug-likeness (QED) is 0.496. The van der Waals surface area contributed by atoms with Crippen LogP contribution in [0.2, 0.25) is 0 Å². The molecule has 1 heterocycles. The van der Waals surface area contributed by atoms with Gasteiger partial charge in [-0.25, -0.2) is 17.2 Å². The molecule has 0 N–H and O–H groups in total. The predicted octanol–water partition coefficient (Wildman–Crippen LogP) is 3.52. The lowest BCUT2D eigenvalue weighted by molar-refractivity contribution is -0.129. The number of hydrogen-bond donors (Lipinski definition) is 0. The summed E-state index contributed by atoms with van der Waals surface area (Å²) in [6.07, 6.45) is 0. The summed E-state index contributed by atoms with van der Waals surface area (Å²) >= 11 is 0. The molecule has 1 aliphatic rings. The van der Waals surface area contributed by atoms with Gasteiger partial charge in [0.2, 0.25) is 5.91 Å². The minimum atomic E-state index is -4.26. The molecule has 0 unspecified atom stereocenters. The van der Waals surface area contributed by atoms with Gasteiger partial charge >= 0.3 is 0 Å². The van der Waals surface area contributed by atoms with Crippen LogP contribution >= 0.6 is 0 Å². The summed E-state index contributed by atoms with van der Waals surface area (Å²) in [6.45, 7) is 0.756. The number of halogens is 2. The third-order valence-corrected chi connectivity index (χ3v) is 7.65. The fraction of sp³-hybridized carbons (Fsp3) is 0.240. The highest BCUT2D eigenvalue weighted by Crippen LogP contribution is 2.28. The predicted molar refractivity (Wildman–Crippen MR) is 129 cm³/mol. The van der Waals surface area contributed by atoms with Crippen molar-refractivity contribution in [2.45, 2.75) is 4.90 Å². The number of amides is 1. The third-order valence-electron chi connectivity index (χ3n) is 5.87. The number of rotatable bonds is 7. The van der Waals surface area contributed by atoms with Crippen LogP contribution in [-0.4, -0.2) is 59.1 Å². The number of para-hydroxylation sites is 2. The van der Waals surface area contributed by atoms with Gasteiger partial charge in [-0.2, -0.15) is 0 Å². The van der Waals surface area contributed by atoms with Crippen LogP contribution in [0.25, 0.3) is 0 Å². The number of methoxy groups -OCH3 is 1. The van der Waals surface area contributed by atoms with E-state index in [2.05, 4.69) is 0 Å². The summed E-state index contributed by atoms with van der Waals surface area (Å²) in [5.74, 6) is -1.12. The second-order valence-electron chi connectivity index (χ2n) is 7.96. The Morgan fingerprint density at radius 2 is 1.49 bits per heavy atom. The van der Waals surface area contributed by atoms with Gasteiger partial charge in [-0.15, -0.1) is 0 Å². The molecule has 0 aliphatic carbocycles. The second-order valence-corrected chi connectivity index (χ2v) is 9.82. The second kappa shape index (κ2) is 10.3. The monoisotopic (exact) mass is 501 g/mol. The van der Waals surface area contributed by atoms with Gasteiger partial charge in [-0.05, 0) is 48.5 Å². The Balaban J connectivity index is 1.55. The van der Waals surface area contributed by atoms with Crippen LogP contribution in [0.5, 0.6) is 5.75 Å². The summed E-state index contributed by atoms with van der Waals surface area (Å²) in [7, 11) is -2.81. The minimum absolute atomic E-state index is 0.0984. The molecule has 0 saturated carbocycles. The molecule has 0 aromatic heterocycles. The smallest absolute Gasteiger partial charge is 0.264 e. The fourth-order valence-corrected chi connectivity index (χ4v) is 5.38. The van der Waals surface area contributed by atoms with Gasteiger partial charge < -0.3 is 14.5 Å². The zero-order valence-corrected chi connectivity index (χ0v) is 19.9. The SMILES string of the molecule is COc1ccc(S(=O)(=O)N(CC(=O)N2CCN(c3ccccc3F)CC2)c2ccccc2F)cc1. The van der Waals surface area contributed by atoms with Gasteiger partial charge in [0.05, 0.1) is 23.4 Å². The normalized spacial score (nSPS) is 14.0. The molecule has 1 amide bonds. The lowest BCUT2D eigenvalue weighted by Crippen LogP contribution is -2.52. The van der Waals surface area contributed by atoms with Gasteiger partial charge in [0.25, 0.3) is 10.0 Å². The highest BCUT2D eigenvalue weighted by molar-refractivity contribution is 7.92. The van der Waals surface area contributed by atoms with Crippen molar-refractivity contribution in [3.05, 3.63) is 84.4 Å². The molecule has 3 aromatic rings. The Hall–Kier alpha value is -3.66. The molecule has 7 nitrogen and oxygen atoms in total. The molecule has 184 valence electrons. The van der Waals surface area contributed by atoms with Crippen molar-refractivity contribution in [2.24, 2.45) is 0 Å². The molecule has 4 rings (SSSR count). The Morgan fingerprint density at radius 1 is 0.886 bits per heavy atom. The molecule has 0 atom stereocenters. The standard InChI is InChI=1S/C25H25F2N3O4S/c1-34-19-10-12-20(13-11-19)35(32,33)30(24-9-5-3-7-22(24)27)18-25(31)29-16-14-28(15-17-29)23-8-4-2-6-21(23)26/h2-13H,14-18H2,1H3. The first kappa shape index (κ1) is 24.5. The van der Waals surface area contributed by atoms with Gasteiger partial charge in [0, 0.05) is 26.2 Å². The average molecular weight is 502 g/mol. The molecule has 0 radical (unpaired) electrons. The lowest BCUT2D eigenvalue weighted by atomic mass is 10.2. The number of carbonyl (C=O) groups excluding carboxylic acids is 1. The molecule has 35 heavy (non-hydrogen) atoms. The molecular formula is C25H25F2N3O4S. The van der Waals surface area contributed by atoms with E-state index in [1.165, 1.54) is 60.5 Å². The molecule has 3 aromatic carbocycles. The number of anilines is 2. The zero-order chi connectivity index (χ0) is 25.0. The molecule has 1 aliphatic heterocycles. The van der Waals surface area contributed by atoms with E-state index in [0.717, 1.165) is 10.4 Å².